The van der Waals surface area contributed by atoms with E-state index in [0.717, 1.165) is 0 Å². The lowest BCUT2D eigenvalue weighted by Crippen LogP contribution is -2.21. The molecule has 22 heavy (non-hydrogen) atoms. The third-order valence-electron chi connectivity index (χ3n) is 2.67. The lowest BCUT2D eigenvalue weighted by Gasteiger charge is -2.13. The van der Waals surface area contributed by atoms with E-state index in [4.69, 9.17) is 18.6 Å². The number of carbonyl (C=O) groups excluding carboxylic acids is 1. The molecule has 0 fully saturated rings. The van der Waals surface area contributed by atoms with Crippen LogP contribution in [0.25, 0.3) is 0 Å². The number of carbonyl (C=O) groups is 1. The Labute approximate surface area is 125 Å². The van der Waals surface area contributed by atoms with Gasteiger partial charge in [0.1, 0.15) is 25.2 Å². The van der Waals surface area contributed by atoms with Crippen molar-refractivity contribution in [2.24, 2.45) is 0 Å². The third-order valence-corrected chi connectivity index (χ3v) is 2.67. The Kier molecular flexibility index (Phi) is 4.19. The summed E-state index contributed by atoms with van der Waals surface area (Å²) in [5.74, 6) is 0.476. The van der Waals surface area contributed by atoms with Crippen LogP contribution in [0.2, 0.25) is 0 Å². The van der Waals surface area contributed by atoms with Crippen molar-refractivity contribution in [1.82, 2.24) is 10.2 Å². The molecule has 2 aromatic rings. The van der Waals surface area contributed by atoms with Crippen LogP contribution in [-0.2, 0) is 20.9 Å². The summed E-state index contributed by atoms with van der Waals surface area (Å²) in [6, 6.07) is 9.19. The molecular formula is C14H13N3O5. The molecule has 0 radical (unpaired) electrons. The van der Waals surface area contributed by atoms with Crippen LogP contribution in [0.4, 0.5) is 6.01 Å². The second kappa shape index (κ2) is 6.61. The second-order valence-electron chi connectivity index (χ2n) is 4.26. The standard InChI is InChI=1S/C14H13N3O5/c18-13(11-8-19-6-7-20-11)15-14-17-16-12(22-14)9-21-10-4-2-1-3-5-10/h1-5,8H,6-7,9H2,(H,15,17,18). The molecule has 0 unspecified atom stereocenters. The van der Waals surface area contributed by atoms with Crippen LogP contribution in [0.15, 0.2) is 46.8 Å². The SMILES string of the molecule is O=C(Nc1nnc(COc2ccccc2)o1)C1=COCCO1. The highest BCUT2D eigenvalue weighted by atomic mass is 16.6. The van der Waals surface area contributed by atoms with Gasteiger partial charge < -0.3 is 18.6 Å². The smallest absolute Gasteiger partial charge is 0.322 e. The second-order valence-corrected chi connectivity index (χ2v) is 4.26. The third kappa shape index (κ3) is 3.54. The zero-order chi connectivity index (χ0) is 15.2. The fraction of sp³-hybridized carbons (Fsp3) is 0.214. The van der Waals surface area contributed by atoms with E-state index >= 15 is 0 Å². The Morgan fingerprint density at radius 2 is 2.09 bits per heavy atom. The Morgan fingerprint density at radius 3 is 2.86 bits per heavy atom. The first kappa shape index (κ1) is 13.9. The molecule has 1 aliphatic heterocycles. The first-order chi connectivity index (χ1) is 10.8. The van der Waals surface area contributed by atoms with Gasteiger partial charge in [0.05, 0.1) is 0 Å². The van der Waals surface area contributed by atoms with E-state index in [9.17, 15) is 4.79 Å². The van der Waals surface area contributed by atoms with Crippen molar-refractivity contribution in [3.8, 4) is 5.75 Å². The molecule has 0 aliphatic carbocycles. The Balaban J connectivity index is 1.54. The van der Waals surface area contributed by atoms with Gasteiger partial charge in [0.15, 0.2) is 6.61 Å². The van der Waals surface area contributed by atoms with E-state index in [2.05, 4.69) is 15.5 Å². The number of anilines is 1. The van der Waals surface area contributed by atoms with Gasteiger partial charge in [-0.15, -0.1) is 5.10 Å². The summed E-state index contributed by atoms with van der Waals surface area (Å²) in [4.78, 5) is 11.8. The van der Waals surface area contributed by atoms with E-state index in [1.54, 1.807) is 0 Å². The molecule has 1 aliphatic rings. The van der Waals surface area contributed by atoms with Crippen molar-refractivity contribution < 1.29 is 23.4 Å². The molecule has 1 amide bonds. The quantitative estimate of drug-likeness (QED) is 0.893. The van der Waals surface area contributed by atoms with Crippen molar-refractivity contribution in [2.45, 2.75) is 6.61 Å². The summed E-state index contributed by atoms with van der Waals surface area (Å²) < 4.78 is 20.9. The van der Waals surface area contributed by atoms with E-state index in [-0.39, 0.29) is 24.3 Å². The zero-order valence-electron chi connectivity index (χ0n) is 11.5. The molecule has 2 heterocycles. The predicted molar refractivity (Wildman–Crippen MR) is 73.7 cm³/mol. The lowest BCUT2D eigenvalue weighted by atomic mass is 10.3. The number of hydrogen-bond acceptors (Lipinski definition) is 7. The highest BCUT2D eigenvalue weighted by molar-refractivity contribution is 6.00. The monoisotopic (exact) mass is 303 g/mol. The molecule has 1 N–H and O–H groups in total. The first-order valence-corrected chi connectivity index (χ1v) is 6.57. The fourth-order valence-electron chi connectivity index (χ4n) is 1.67. The molecule has 0 saturated carbocycles. The predicted octanol–water partition coefficient (Wildman–Crippen LogP) is 1.48. The average Bonchev–Trinajstić information content (AvgIpc) is 3.02. The summed E-state index contributed by atoms with van der Waals surface area (Å²) in [6.07, 6.45) is 1.24. The maximum absolute atomic E-state index is 11.8. The molecule has 3 rings (SSSR count). The van der Waals surface area contributed by atoms with Gasteiger partial charge in [0.25, 0.3) is 11.8 Å². The van der Waals surface area contributed by atoms with E-state index < -0.39 is 5.91 Å². The molecule has 0 saturated heterocycles. The average molecular weight is 303 g/mol. The van der Waals surface area contributed by atoms with Crippen molar-refractivity contribution >= 4 is 11.9 Å². The summed E-state index contributed by atoms with van der Waals surface area (Å²) in [5, 5.41) is 9.91. The molecule has 1 aromatic heterocycles. The number of benzene rings is 1. The van der Waals surface area contributed by atoms with Gasteiger partial charge in [-0.1, -0.05) is 23.3 Å². The highest BCUT2D eigenvalue weighted by Crippen LogP contribution is 2.13. The van der Waals surface area contributed by atoms with Crippen LogP contribution in [0.1, 0.15) is 5.89 Å². The van der Waals surface area contributed by atoms with Crippen LogP contribution in [0.3, 0.4) is 0 Å². The molecule has 0 bridgehead atoms. The molecule has 0 spiro atoms. The minimum absolute atomic E-state index is 0.0354. The topological polar surface area (TPSA) is 95.7 Å². The Morgan fingerprint density at radius 1 is 1.23 bits per heavy atom. The number of nitrogens with zero attached hydrogens (tertiary/aromatic N) is 2. The maximum Gasteiger partial charge on any atom is 0.322 e. The lowest BCUT2D eigenvalue weighted by molar-refractivity contribution is -0.117. The number of hydrogen-bond donors (Lipinski definition) is 1. The van der Waals surface area contributed by atoms with Gasteiger partial charge in [-0.25, -0.2) is 0 Å². The number of rotatable bonds is 5. The van der Waals surface area contributed by atoms with Crippen molar-refractivity contribution in [2.75, 3.05) is 18.5 Å². The van der Waals surface area contributed by atoms with Gasteiger partial charge in [-0.05, 0) is 12.1 Å². The van der Waals surface area contributed by atoms with Gasteiger partial charge >= 0.3 is 6.01 Å². The molecule has 114 valence electrons. The van der Waals surface area contributed by atoms with E-state index in [1.807, 2.05) is 30.3 Å². The van der Waals surface area contributed by atoms with E-state index in [1.165, 1.54) is 6.26 Å². The minimum Gasteiger partial charge on any atom is -0.494 e. The highest BCUT2D eigenvalue weighted by Gasteiger charge is 2.18. The van der Waals surface area contributed by atoms with Gasteiger partial charge in [-0.2, -0.15) is 0 Å². The molecular weight excluding hydrogens is 290 g/mol. The first-order valence-electron chi connectivity index (χ1n) is 6.57. The van der Waals surface area contributed by atoms with Crippen LogP contribution >= 0.6 is 0 Å². The molecule has 0 atom stereocenters. The number of ether oxygens (including phenoxy) is 3. The zero-order valence-corrected chi connectivity index (χ0v) is 11.5. The molecule has 8 heteroatoms. The van der Waals surface area contributed by atoms with E-state index in [0.29, 0.717) is 19.0 Å². The van der Waals surface area contributed by atoms with Crippen molar-refractivity contribution in [3.05, 3.63) is 48.2 Å². The van der Waals surface area contributed by atoms with Crippen LogP contribution < -0.4 is 10.1 Å². The van der Waals surface area contributed by atoms with Gasteiger partial charge in [-0.3, -0.25) is 10.1 Å². The fourth-order valence-corrected chi connectivity index (χ4v) is 1.67. The Bertz CT molecular complexity index is 668. The summed E-state index contributed by atoms with van der Waals surface area (Å²) >= 11 is 0. The maximum atomic E-state index is 11.8. The normalized spacial score (nSPS) is 13.5. The van der Waals surface area contributed by atoms with Crippen molar-refractivity contribution in [1.29, 1.82) is 0 Å². The summed E-state index contributed by atoms with van der Waals surface area (Å²) in [6.45, 7) is 0.840. The van der Waals surface area contributed by atoms with Crippen LogP contribution in [0.5, 0.6) is 5.75 Å². The summed E-state index contributed by atoms with van der Waals surface area (Å²) in [5.41, 5.74) is 0. The Hall–Kier alpha value is -3.03. The van der Waals surface area contributed by atoms with Crippen LogP contribution in [-0.4, -0.2) is 29.3 Å². The van der Waals surface area contributed by atoms with Gasteiger partial charge in [0, 0.05) is 0 Å². The minimum atomic E-state index is -0.515. The number of amides is 1. The number of aromatic nitrogens is 2. The summed E-state index contributed by atoms with van der Waals surface area (Å²) in [7, 11) is 0. The number of para-hydroxylation sites is 1. The number of nitrogens with one attached hydrogen (secondary N) is 1. The molecule has 1 aromatic carbocycles. The largest absolute Gasteiger partial charge is 0.494 e. The van der Waals surface area contributed by atoms with Crippen LogP contribution in [0, 0.1) is 0 Å². The molecule has 8 nitrogen and oxygen atoms in total. The van der Waals surface area contributed by atoms with Gasteiger partial charge in [0.2, 0.25) is 5.76 Å². The van der Waals surface area contributed by atoms with Crippen molar-refractivity contribution in [3.63, 3.8) is 0 Å².